The maximum atomic E-state index is 11.9. The lowest BCUT2D eigenvalue weighted by Crippen LogP contribution is -2.46. The number of ether oxygens (including phenoxy) is 2. The minimum atomic E-state index is -2.05. The van der Waals surface area contributed by atoms with Crippen LogP contribution in [0.4, 0.5) is 0 Å². The van der Waals surface area contributed by atoms with Gasteiger partial charge in [0, 0.05) is 29.1 Å². The zero-order chi connectivity index (χ0) is 28.3. The minimum Gasteiger partial charge on any atom is -0.489 e. The van der Waals surface area contributed by atoms with Crippen molar-refractivity contribution in [3.8, 4) is 5.75 Å². The van der Waals surface area contributed by atoms with Crippen LogP contribution in [-0.2, 0) is 25.4 Å². The predicted octanol–water partition coefficient (Wildman–Crippen LogP) is 6.74. The van der Waals surface area contributed by atoms with Crippen LogP contribution in [0, 0.1) is 6.92 Å². The number of para-hydroxylation sites is 1. The first-order valence-electron chi connectivity index (χ1n) is 13.2. The van der Waals surface area contributed by atoms with E-state index < -0.39 is 19.9 Å². The predicted molar refractivity (Wildman–Crippen MR) is 157 cm³/mol. The summed E-state index contributed by atoms with van der Waals surface area (Å²) in [6.07, 6.45) is 3.56. The zero-order valence-electron chi connectivity index (χ0n) is 23.9. The van der Waals surface area contributed by atoms with Crippen LogP contribution >= 0.6 is 0 Å². The van der Waals surface area contributed by atoms with Crippen molar-refractivity contribution in [3.05, 3.63) is 83.6 Å². The molecule has 206 valence electrons. The molecular formula is C31H38N2O5Si. The topological polar surface area (TPSA) is 79.2 Å². The van der Waals surface area contributed by atoms with Crippen LogP contribution in [0.25, 0.3) is 10.9 Å². The number of esters is 1. The smallest absolute Gasteiger partial charge is 0.330 e. The highest BCUT2D eigenvalue weighted by Crippen LogP contribution is 2.39. The Morgan fingerprint density at radius 2 is 1.85 bits per heavy atom. The molecule has 3 aromatic rings. The summed E-state index contributed by atoms with van der Waals surface area (Å²) in [5.41, 5.74) is 3.85. The molecule has 1 aliphatic heterocycles. The first-order valence-corrected chi connectivity index (χ1v) is 16.1. The van der Waals surface area contributed by atoms with Gasteiger partial charge in [-0.1, -0.05) is 44.1 Å². The summed E-state index contributed by atoms with van der Waals surface area (Å²) in [5.74, 6) is 0.312. The molecule has 4 rings (SSSR count). The Bertz CT molecular complexity index is 1390. The van der Waals surface area contributed by atoms with Gasteiger partial charge in [0.15, 0.2) is 13.9 Å². The van der Waals surface area contributed by atoms with Crippen LogP contribution in [0.5, 0.6) is 5.75 Å². The summed E-state index contributed by atoms with van der Waals surface area (Å²) >= 11 is 0. The van der Waals surface area contributed by atoms with Crippen molar-refractivity contribution in [2.45, 2.75) is 64.5 Å². The fourth-order valence-electron chi connectivity index (χ4n) is 4.09. The van der Waals surface area contributed by atoms with Crippen molar-refractivity contribution in [1.29, 1.82) is 0 Å². The molecule has 1 aromatic heterocycles. The molecule has 1 aliphatic rings. The number of oxime groups is 1. The Kier molecular flexibility index (Phi) is 8.27. The van der Waals surface area contributed by atoms with E-state index in [0.717, 1.165) is 39.2 Å². The Labute approximate surface area is 232 Å². The maximum Gasteiger partial charge on any atom is 0.330 e. The van der Waals surface area contributed by atoms with Gasteiger partial charge in [0.05, 0.1) is 24.9 Å². The van der Waals surface area contributed by atoms with Gasteiger partial charge in [0.1, 0.15) is 12.4 Å². The van der Waals surface area contributed by atoms with Crippen molar-refractivity contribution in [1.82, 2.24) is 4.98 Å². The highest BCUT2D eigenvalue weighted by Gasteiger charge is 2.43. The van der Waals surface area contributed by atoms with E-state index in [4.69, 9.17) is 18.7 Å². The molecule has 2 aromatic carbocycles. The normalized spacial score (nSPS) is 17.8. The third kappa shape index (κ3) is 6.75. The number of aryl methyl sites for hydroxylation is 1. The number of pyridine rings is 1. The number of fused-ring (bicyclic) bond motifs is 1. The van der Waals surface area contributed by atoms with Crippen molar-refractivity contribution >= 4 is 30.9 Å². The molecule has 7 nitrogen and oxygen atoms in total. The molecule has 0 saturated heterocycles. The molecule has 0 radical (unpaired) electrons. The molecule has 8 heteroatoms. The summed E-state index contributed by atoms with van der Waals surface area (Å²) in [6, 6.07) is 18.0. The van der Waals surface area contributed by atoms with E-state index in [2.05, 4.69) is 56.1 Å². The van der Waals surface area contributed by atoms with Crippen LogP contribution in [0.15, 0.2) is 71.9 Å². The summed E-state index contributed by atoms with van der Waals surface area (Å²) in [4.78, 5) is 22.4. The highest BCUT2D eigenvalue weighted by atomic mass is 28.4. The summed E-state index contributed by atoms with van der Waals surface area (Å²) < 4.78 is 17.4. The molecule has 39 heavy (non-hydrogen) atoms. The Morgan fingerprint density at radius 3 is 2.54 bits per heavy atom. The lowest BCUT2D eigenvalue weighted by molar-refractivity contribution is -0.135. The fraction of sp³-hybridized carbons (Fsp3) is 0.387. The zero-order valence-corrected chi connectivity index (χ0v) is 24.9. The average molecular weight is 547 g/mol. The van der Waals surface area contributed by atoms with Gasteiger partial charge in [-0.2, -0.15) is 0 Å². The van der Waals surface area contributed by atoms with Gasteiger partial charge in [-0.25, -0.2) is 4.79 Å². The first kappa shape index (κ1) is 28.5. The Balaban J connectivity index is 1.46. The van der Waals surface area contributed by atoms with Gasteiger partial charge in [-0.3, -0.25) is 4.98 Å². The van der Waals surface area contributed by atoms with Gasteiger partial charge < -0.3 is 18.7 Å². The molecule has 0 saturated carbocycles. The third-order valence-electron chi connectivity index (χ3n) is 7.52. The second-order valence-corrected chi connectivity index (χ2v) is 16.3. The number of rotatable bonds is 9. The van der Waals surface area contributed by atoms with E-state index in [9.17, 15) is 4.79 Å². The van der Waals surface area contributed by atoms with Gasteiger partial charge in [0.25, 0.3) is 0 Å². The molecule has 0 N–H and O–H groups in total. The average Bonchev–Trinajstić information content (AvgIpc) is 3.33. The lowest BCUT2D eigenvalue weighted by Gasteiger charge is -2.38. The second kappa shape index (κ2) is 11.3. The number of carbonyl (C=O) groups is 1. The Hall–Kier alpha value is -3.49. The summed E-state index contributed by atoms with van der Waals surface area (Å²) in [7, 11) is -0.700. The second-order valence-electron chi connectivity index (χ2n) is 11.5. The van der Waals surface area contributed by atoms with Crippen LogP contribution in [0.1, 0.15) is 44.0 Å². The third-order valence-corrected chi connectivity index (χ3v) is 12.0. The molecule has 1 unspecified atom stereocenters. The molecule has 0 spiro atoms. The van der Waals surface area contributed by atoms with Crippen molar-refractivity contribution in [2.75, 3.05) is 13.7 Å². The van der Waals surface area contributed by atoms with Crippen LogP contribution in [-0.4, -0.2) is 44.3 Å². The van der Waals surface area contributed by atoms with E-state index >= 15 is 0 Å². The van der Waals surface area contributed by atoms with E-state index in [0.29, 0.717) is 19.6 Å². The standard InChI is InChI=1S/C31H38N2O5Si/c1-22-18-24(26-10-8-9-11-27(26)32-22)20-36-25-14-12-23(13-15-25)28-19-31(38-33-28,17-16-29(34)35-5)21-37-39(6,7)30(2,3)4/h8-18H,19-21H2,1-7H3. The van der Waals surface area contributed by atoms with Crippen LogP contribution in [0.2, 0.25) is 18.1 Å². The fourth-order valence-corrected chi connectivity index (χ4v) is 5.13. The number of benzene rings is 2. The molecule has 0 bridgehead atoms. The molecule has 0 fully saturated rings. The summed E-state index contributed by atoms with van der Waals surface area (Å²) in [5, 5.41) is 5.53. The number of nitrogens with zero attached hydrogens (tertiary/aromatic N) is 2. The van der Waals surface area contributed by atoms with Crippen molar-refractivity contribution in [2.24, 2.45) is 5.16 Å². The van der Waals surface area contributed by atoms with Crippen LogP contribution in [0.3, 0.4) is 0 Å². The van der Waals surface area contributed by atoms with Gasteiger partial charge >= 0.3 is 5.97 Å². The summed E-state index contributed by atoms with van der Waals surface area (Å²) in [6.45, 7) is 13.7. The minimum absolute atomic E-state index is 0.0413. The van der Waals surface area contributed by atoms with Gasteiger partial charge in [0.2, 0.25) is 0 Å². The maximum absolute atomic E-state index is 11.9. The quantitative estimate of drug-likeness (QED) is 0.168. The monoisotopic (exact) mass is 546 g/mol. The SMILES string of the molecule is COC(=O)C=CC1(CO[Si](C)(C)C(C)(C)C)CC(c2ccc(OCc3cc(C)nc4ccccc34)cc2)=NO1. The largest absolute Gasteiger partial charge is 0.489 e. The van der Waals surface area contributed by atoms with E-state index in [1.54, 1.807) is 6.08 Å². The molecule has 1 atom stereocenters. The van der Waals surface area contributed by atoms with Gasteiger partial charge in [-0.05, 0) is 73.1 Å². The highest BCUT2D eigenvalue weighted by molar-refractivity contribution is 6.74. The first-order chi connectivity index (χ1) is 18.4. The molecule has 0 amide bonds. The van der Waals surface area contributed by atoms with Crippen LogP contribution < -0.4 is 4.74 Å². The number of carbonyl (C=O) groups excluding carboxylic acids is 1. The molecular weight excluding hydrogens is 508 g/mol. The van der Waals surface area contributed by atoms with Gasteiger partial charge in [-0.15, -0.1) is 0 Å². The number of hydrogen-bond donors (Lipinski definition) is 0. The lowest BCUT2D eigenvalue weighted by atomic mass is 9.94. The molecule has 2 heterocycles. The number of methoxy groups -OCH3 is 1. The number of aromatic nitrogens is 1. The van der Waals surface area contributed by atoms with Crippen molar-refractivity contribution < 1.29 is 23.5 Å². The molecule has 0 aliphatic carbocycles. The van der Waals surface area contributed by atoms with E-state index in [-0.39, 0.29) is 5.04 Å². The number of hydrogen-bond acceptors (Lipinski definition) is 7. The van der Waals surface area contributed by atoms with E-state index in [1.807, 2.05) is 49.4 Å². The Morgan fingerprint density at radius 1 is 1.13 bits per heavy atom. The van der Waals surface area contributed by atoms with E-state index in [1.165, 1.54) is 13.2 Å². The van der Waals surface area contributed by atoms with Crippen molar-refractivity contribution in [3.63, 3.8) is 0 Å².